The Bertz CT molecular complexity index is 422. The topological polar surface area (TPSA) is 50.4 Å². The summed E-state index contributed by atoms with van der Waals surface area (Å²) in [6.07, 6.45) is 0. The highest BCUT2D eigenvalue weighted by molar-refractivity contribution is 6.32. The van der Waals surface area contributed by atoms with Crippen molar-refractivity contribution in [2.45, 2.75) is 33.4 Å². The third kappa shape index (κ3) is 5.49. The van der Waals surface area contributed by atoms with E-state index in [0.717, 1.165) is 12.1 Å². The van der Waals surface area contributed by atoms with Gasteiger partial charge in [-0.3, -0.25) is 4.79 Å². The van der Waals surface area contributed by atoms with Crippen molar-refractivity contribution in [1.82, 2.24) is 10.6 Å². The van der Waals surface area contributed by atoms with Crippen LogP contribution in [-0.4, -0.2) is 25.1 Å². The van der Waals surface area contributed by atoms with E-state index in [1.54, 1.807) is 6.07 Å². The molecule has 0 heterocycles. The third-order valence-corrected chi connectivity index (χ3v) is 2.71. The first-order chi connectivity index (χ1) is 9.04. The Kier molecular flexibility index (Phi) is 6.67. The fourth-order valence-corrected chi connectivity index (χ4v) is 1.86. The summed E-state index contributed by atoms with van der Waals surface area (Å²) in [7, 11) is 0. The number of carbonyl (C=O) groups excluding carboxylic acids is 1. The molecule has 0 atom stereocenters. The molecular weight excluding hydrogens is 264 g/mol. The molecule has 0 unspecified atom stereocenters. The quantitative estimate of drug-likeness (QED) is 0.808. The fourth-order valence-electron chi connectivity index (χ4n) is 1.62. The zero-order valence-corrected chi connectivity index (χ0v) is 12.4. The summed E-state index contributed by atoms with van der Waals surface area (Å²) in [5, 5.41) is 6.51. The van der Waals surface area contributed by atoms with Gasteiger partial charge < -0.3 is 15.4 Å². The molecule has 0 aliphatic heterocycles. The molecule has 0 saturated carbocycles. The second kappa shape index (κ2) is 8.02. The lowest BCUT2D eigenvalue weighted by Gasteiger charge is -2.14. The van der Waals surface area contributed by atoms with E-state index in [-0.39, 0.29) is 18.6 Å². The number of amides is 1. The number of hydrogen-bond donors (Lipinski definition) is 2. The molecule has 1 amide bonds. The molecule has 0 aromatic heterocycles. The van der Waals surface area contributed by atoms with Crippen LogP contribution >= 0.6 is 11.6 Å². The lowest BCUT2D eigenvalue weighted by Crippen LogP contribution is -2.34. The monoisotopic (exact) mass is 284 g/mol. The Balaban J connectivity index is 2.68. The van der Waals surface area contributed by atoms with Gasteiger partial charge in [-0.1, -0.05) is 30.7 Å². The summed E-state index contributed by atoms with van der Waals surface area (Å²) in [5.41, 5.74) is 0.951. The highest BCUT2D eigenvalue weighted by Crippen LogP contribution is 2.28. The first kappa shape index (κ1) is 15.8. The van der Waals surface area contributed by atoms with Crippen LogP contribution in [0.15, 0.2) is 18.2 Å². The molecule has 5 heteroatoms. The van der Waals surface area contributed by atoms with E-state index in [4.69, 9.17) is 16.3 Å². The molecule has 1 aromatic carbocycles. The van der Waals surface area contributed by atoms with Gasteiger partial charge in [0.05, 0.1) is 5.02 Å². The Morgan fingerprint density at radius 3 is 2.79 bits per heavy atom. The van der Waals surface area contributed by atoms with Crippen molar-refractivity contribution in [2.75, 3.05) is 13.2 Å². The van der Waals surface area contributed by atoms with Crippen LogP contribution in [0.1, 0.15) is 26.3 Å². The van der Waals surface area contributed by atoms with Gasteiger partial charge in [0.15, 0.2) is 6.61 Å². The minimum Gasteiger partial charge on any atom is -0.482 e. The van der Waals surface area contributed by atoms with Gasteiger partial charge in [0.25, 0.3) is 5.91 Å². The second-order valence-electron chi connectivity index (χ2n) is 4.52. The Hall–Kier alpha value is -1.26. The number of nitrogens with one attached hydrogen (secondary N) is 2. The standard InChI is InChI=1S/C14H21ClN2O2/c1-4-16-8-11-6-5-7-12(15)14(11)19-9-13(18)17-10(2)3/h5-7,10,16H,4,8-9H2,1-3H3,(H,17,18). The molecule has 1 aromatic rings. The number of para-hydroxylation sites is 1. The van der Waals surface area contributed by atoms with E-state index in [0.29, 0.717) is 17.3 Å². The molecule has 0 aliphatic carbocycles. The van der Waals surface area contributed by atoms with Gasteiger partial charge in [-0.05, 0) is 26.5 Å². The van der Waals surface area contributed by atoms with Crippen LogP contribution in [0.3, 0.4) is 0 Å². The van der Waals surface area contributed by atoms with Gasteiger partial charge in [-0.2, -0.15) is 0 Å². The normalized spacial score (nSPS) is 10.6. The molecule has 0 saturated heterocycles. The van der Waals surface area contributed by atoms with E-state index >= 15 is 0 Å². The summed E-state index contributed by atoms with van der Waals surface area (Å²) < 4.78 is 5.54. The van der Waals surface area contributed by atoms with Gasteiger partial charge in [0.2, 0.25) is 0 Å². The van der Waals surface area contributed by atoms with Crippen LogP contribution < -0.4 is 15.4 Å². The summed E-state index contributed by atoms with van der Waals surface area (Å²) in [5.74, 6) is 0.424. The zero-order chi connectivity index (χ0) is 14.3. The molecule has 4 nitrogen and oxygen atoms in total. The molecular formula is C14H21ClN2O2. The molecule has 19 heavy (non-hydrogen) atoms. The Morgan fingerprint density at radius 2 is 2.16 bits per heavy atom. The summed E-state index contributed by atoms with van der Waals surface area (Å²) in [6, 6.07) is 5.66. The van der Waals surface area contributed by atoms with Crippen molar-refractivity contribution < 1.29 is 9.53 Å². The zero-order valence-electron chi connectivity index (χ0n) is 11.6. The van der Waals surface area contributed by atoms with Crippen molar-refractivity contribution in [1.29, 1.82) is 0 Å². The van der Waals surface area contributed by atoms with E-state index < -0.39 is 0 Å². The Morgan fingerprint density at radius 1 is 1.42 bits per heavy atom. The minimum atomic E-state index is -0.149. The van der Waals surface area contributed by atoms with Crippen LogP contribution in [0.4, 0.5) is 0 Å². The van der Waals surface area contributed by atoms with Crippen LogP contribution in [-0.2, 0) is 11.3 Å². The average Bonchev–Trinajstić information content (AvgIpc) is 2.34. The number of carbonyl (C=O) groups is 1. The summed E-state index contributed by atoms with van der Waals surface area (Å²) in [6.45, 7) is 7.34. The van der Waals surface area contributed by atoms with Crippen molar-refractivity contribution in [2.24, 2.45) is 0 Å². The molecule has 1 rings (SSSR count). The predicted molar refractivity (Wildman–Crippen MR) is 77.6 cm³/mol. The Labute approximate surface area is 119 Å². The lowest BCUT2D eigenvalue weighted by atomic mass is 10.2. The maximum atomic E-state index is 11.6. The maximum absolute atomic E-state index is 11.6. The third-order valence-electron chi connectivity index (χ3n) is 2.41. The van der Waals surface area contributed by atoms with Crippen LogP contribution in [0.5, 0.6) is 5.75 Å². The van der Waals surface area contributed by atoms with Gasteiger partial charge in [0, 0.05) is 18.2 Å². The molecule has 0 fully saturated rings. The number of benzene rings is 1. The van der Waals surface area contributed by atoms with E-state index in [2.05, 4.69) is 10.6 Å². The van der Waals surface area contributed by atoms with Gasteiger partial charge in [-0.15, -0.1) is 0 Å². The minimum absolute atomic E-state index is 0.0267. The van der Waals surface area contributed by atoms with Crippen LogP contribution in [0.2, 0.25) is 5.02 Å². The summed E-state index contributed by atoms with van der Waals surface area (Å²) >= 11 is 6.11. The average molecular weight is 285 g/mol. The fraction of sp³-hybridized carbons (Fsp3) is 0.500. The molecule has 0 aliphatic rings. The summed E-state index contributed by atoms with van der Waals surface area (Å²) in [4.78, 5) is 11.6. The van der Waals surface area contributed by atoms with Gasteiger partial charge in [0.1, 0.15) is 5.75 Å². The molecule has 0 bridgehead atoms. The van der Waals surface area contributed by atoms with Crippen LogP contribution in [0, 0.1) is 0 Å². The molecule has 0 radical (unpaired) electrons. The highest BCUT2D eigenvalue weighted by atomic mass is 35.5. The van der Waals surface area contributed by atoms with Gasteiger partial charge in [-0.25, -0.2) is 0 Å². The van der Waals surface area contributed by atoms with Crippen molar-refractivity contribution in [3.8, 4) is 5.75 Å². The number of halogens is 1. The van der Waals surface area contributed by atoms with Crippen molar-refractivity contribution >= 4 is 17.5 Å². The van der Waals surface area contributed by atoms with Crippen molar-refractivity contribution in [3.63, 3.8) is 0 Å². The molecule has 106 valence electrons. The van der Waals surface area contributed by atoms with Gasteiger partial charge >= 0.3 is 0 Å². The largest absolute Gasteiger partial charge is 0.482 e. The molecule has 0 spiro atoms. The molecule has 2 N–H and O–H groups in total. The SMILES string of the molecule is CCNCc1cccc(Cl)c1OCC(=O)NC(C)C. The highest BCUT2D eigenvalue weighted by Gasteiger charge is 2.11. The first-order valence-electron chi connectivity index (χ1n) is 6.44. The van der Waals surface area contributed by atoms with E-state index in [1.807, 2.05) is 32.9 Å². The predicted octanol–water partition coefficient (Wildman–Crippen LogP) is 2.35. The maximum Gasteiger partial charge on any atom is 0.258 e. The smallest absolute Gasteiger partial charge is 0.258 e. The van der Waals surface area contributed by atoms with E-state index in [9.17, 15) is 4.79 Å². The second-order valence-corrected chi connectivity index (χ2v) is 4.93. The van der Waals surface area contributed by atoms with Crippen molar-refractivity contribution in [3.05, 3.63) is 28.8 Å². The number of ether oxygens (including phenoxy) is 1. The van der Waals surface area contributed by atoms with E-state index in [1.165, 1.54) is 0 Å². The first-order valence-corrected chi connectivity index (χ1v) is 6.82. The lowest BCUT2D eigenvalue weighted by molar-refractivity contribution is -0.123. The van der Waals surface area contributed by atoms with Crippen LogP contribution in [0.25, 0.3) is 0 Å². The number of rotatable bonds is 7. The number of hydrogen-bond acceptors (Lipinski definition) is 3.